The van der Waals surface area contributed by atoms with Crippen LogP contribution >= 0.6 is 0 Å². The van der Waals surface area contributed by atoms with Crippen LogP contribution in [0.4, 0.5) is 5.69 Å². The van der Waals surface area contributed by atoms with Crippen molar-refractivity contribution >= 4 is 11.9 Å². The summed E-state index contributed by atoms with van der Waals surface area (Å²) in [6.45, 7) is 1.91. The highest BCUT2D eigenvalue weighted by molar-refractivity contribution is 5.80. The molecular weight excluding hydrogens is 290 g/mol. The molecule has 0 aliphatic heterocycles. The molecule has 0 radical (unpaired) electrons. The Labute approximate surface area is 134 Å². The first kappa shape index (κ1) is 14.9. The molecule has 6 nitrogen and oxygen atoms in total. The third-order valence-electron chi connectivity index (χ3n) is 3.50. The maximum absolute atomic E-state index is 5.36. The molecule has 3 aromatic rings. The minimum absolute atomic E-state index is 0.624. The van der Waals surface area contributed by atoms with E-state index in [9.17, 15) is 0 Å². The third kappa shape index (κ3) is 3.11. The second-order valence-corrected chi connectivity index (χ2v) is 5.00. The minimum atomic E-state index is 0.624. The molecule has 0 spiro atoms. The van der Waals surface area contributed by atoms with E-state index in [1.165, 1.54) is 0 Å². The van der Waals surface area contributed by atoms with Crippen molar-refractivity contribution in [3.8, 4) is 17.1 Å². The van der Waals surface area contributed by atoms with Crippen LogP contribution in [0.3, 0.4) is 0 Å². The maximum Gasteiger partial charge on any atom is 0.163 e. The van der Waals surface area contributed by atoms with Crippen molar-refractivity contribution in [2.45, 2.75) is 6.92 Å². The van der Waals surface area contributed by atoms with Crippen LogP contribution in [0.25, 0.3) is 11.4 Å². The number of methoxy groups -OCH3 is 1. The number of nitrogens with zero attached hydrogens (tertiary/aromatic N) is 5. The molecule has 2 aromatic heterocycles. The predicted octanol–water partition coefficient (Wildman–Crippen LogP) is 2.94. The van der Waals surface area contributed by atoms with Crippen LogP contribution in [-0.4, -0.2) is 33.1 Å². The van der Waals surface area contributed by atoms with Crippen molar-refractivity contribution in [3.05, 3.63) is 54.1 Å². The number of aryl methyl sites for hydroxylation is 2. The van der Waals surface area contributed by atoms with Crippen LogP contribution in [0.2, 0.25) is 0 Å². The molecule has 23 heavy (non-hydrogen) atoms. The molecule has 0 saturated heterocycles. The molecule has 116 valence electrons. The van der Waals surface area contributed by atoms with Crippen LogP contribution in [-0.2, 0) is 7.05 Å². The van der Waals surface area contributed by atoms with Gasteiger partial charge in [0.25, 0.3) is 0 Å². The summed E-state index contributed by atoms with van der Waals surface area (Å²) in [5, 5.41) is 4.10. The zero-order valence-corrected chi connectivity index (χ0v) is 13.3. The number of para-hydroxylation sites is 1. The Bertz CT molecular complexity index is 854. The summed E-state index contributed by atoms with van der Waals surface area (Å²) in [6, 6.07) is 9.57. The highest BCUT2D eigenvalue weighted by Gasteiger charge is 2.09. The Morgan fingerprint density at radius 3 is 2.74 bits per heavy atom. The Morgan fingerprint density at radius 2 is 2.04 bits per heavy atom. The van der Waals surface area contributed by atoms with E-state index < -0.39 is 0 Å². The summed E-state index contributed by atoms with van der Waals surface area (Å²) in [7, 11) is 3.51. The van der Waals surface area contributed by atoms with Crippen molar-refractivity contribution in [2.24, 2.45) is 12.0 Å². The molecule has 0 saturated carbocycles. The average Bonchev–Trinajstić information content (AvgIpc) is 2.98. The van der Waals surface area contributed by atoms with Crippen molar-refractivity contribution in [1.82, 2.24) is 19.7 Å². The first-order valence-corrected chi connectivity index (χ1v) is 7.18. The van der Waals surface area contributed by atoms with E-state index in [0.717, 1.165) is 28.4 Å². The number of aromatic nitrogens is 4. The van der Waals surface area contributed by atoms with E-state index in [4.69, 9.17) is 4.74 Å². The molecule has 0 N–H and O–H groups in total. The quantitative estimate of drug-likeness (QED) is 0.695. The summed E-state index contributed by atoms with van der Waals surface area (Å²) in [4.78, 5) is 13.4. The first-order chi connectivity index (χ1) is 11.2. The summed E-state index contributed by atoms with van der Waals surface area (Å²) in [5.41, 5.74) is 3.31. The van der Waals surface area contributed by atoms with Gasteiger partial charge in [0.05, 0.1) is 36.5 Å². The number of aliphatic imine (C=N–C) groups is 1. The fourth-order valence-corrected chi connectivity index (χ4v) is 2.19. The molecule has 6 heteroatoms. The summed E-state index contributed by atoms with van der Waals surface area (Å²) in [5.74, 6) is 1.37. The van der Waals surface area contributed by atoms with Crippen LogP contribution < -0.4 is 4.74 Å². The number of benzene rings is 1. The third-order valence-corrected chi connectivity index (χ3v) is 3.50. The van der Waals surface area contributed by atoms with Gasteiger partial charge in [0.15, 0.2) is 5.82 Å². The van der Waals surface area contributed by atoms with Gasteiger partial charge in [-0.15, -0.1) is 0 Å². The molecule has 0 aliphatic carbocycles. The molecular formula is C17H17N5O. The topological polar surface area (TPSA) is 65.2 Å². The van der Waals surface area contributed by atoms with Gasteiger partial charge in [-0.3, -0.25) is 9.67 Å². The molecule has 1 aromatic carbocycles. The lowest BCUT2D eigenvalue weighted by Crippen LogP contribution is -1.97. The van der Waals surface area contributed by atoms with Crippen molar-refractivity contribution in [2.75, 3.05) is 7.11 Å². The molecule has 2 heterocycles. The Hall–Kier alpha value is -3.02. The molecule has 0 aliphatic rings. The monoisotopic (exact) mass is 307 g/mol. The molecule has 0 unspecified atom stereocenters. The van der Waals surface area contributed by atoms with E-state index >= 15 is 0 Å². The van der Waals surface area contributed by atoms with Gasteiger partial charge in [-0.2, -0.15) is 5.10 Å². The largest absolute Gasteiger partial charge is 0.496 e. The Kier molecular flexibility index (Phi) is 4.14. The van der Waals surface area contributed by atoms with Crippen molar-refractivity contribution < 1.29 is 4.74 Å². The number of hydrogen-bond donors (Lipinski definition) is 0. The standard InChI is InChI=1S/C17H17N5O/c1-12-15(18-10-13-8-9-20-22(13)2)11-19-17(21-12)14-6-4-5-7-16(14)23-3/h4-11H,1-3H3. The summed E-state index contributed by atoms with van der Waals surface area (Å²) >= 11 is 0. The summed E-state index contributed by atoms with van der Waals surface area (Å²) < 4.78 is 7.11. The summed E-state index contributed by atoms with van der Waals surface area (Å²) in [6.07, 6.45) is 5.20. The maximum atomic E-state index is 5.36. The molecule has 0 atom stereocenters. The molecule has 3 rings (SSSR count). The Balaban J connectivity index is 1.92. The van der Waals surface area contributed by atoms with Gasteiger partial charge in [-0.1, -0.05) is 12.1 Å². The van der Waals surface area contributed by atoms with Gasteiger partial charge >= 0.3 is 0 Å². The second kappa shape index (κ2) is 6.39. The predicted molar refractivity (Wildman–Crippen MR) is 89.2 cm³/mol. The van der Waals surface area contributed by atoms with Crippen molar-refractivity contribution in [3.63, 3.8) is 0 Å². The van der Waals surface area contributed by atoms with E-state index in [1.54, 1.807) is 30.4 Å². The zero-order chi connectivity index (χ0) is 16.2. The second-order valence-electron chi connectivity index (χ2n) is 5.00. The van der Waals surface area contributed by atoms with E-state index in [1.807, 2.05) is 44.3 Å². The first-order valence-electron chi connectivity index (χ1n) is 7.18. The van der Waals surface area contributed by atoms with Crippen LogP contribution in [0, 0.1) is 6.92 Å². The van der Waals surface area contributed by atoms with Gasteiger partial charge in [-0.05, 0) is 25.1 Å². The van der Waals surface area contributed by atoms with E-state index in [-0.39, 0.29) is 0 Å². The SMILES string of the molecule is COc1ccccc1-c1ncc(N=Cc2ccnn2C)c(C)n1. The zero-order valence-electron chi connectivity index (χ0n) is 13.3. The highest BCUT2D eigenvalue weighted by atomic mass is 16.5. The number of rotatable bonds is 4. The number of ether oxygens (including phenoxy) is 1. The lowest BCUT2D eigenvalue weighted by molar-refractivity contribution is 0.416. The van der Waals surface area contributed by atoms with Gasteiger partial charge in [0.2, 0.25) is 0 Å². The lowest BCUT2D eigenvalue weighted by Gasteiger charge is -2.08. The van der Waals surface area contributed by atoms with Gasteiger partial charge in [0.1, 0.15) is 11.4 Å². The molecule has 0 amide bonds. The average molecular weight is 307 g/mol. The molecule has 0 fully saturated rings. The minimum Gasteiger partial charge on any atom is -0.496 e. The Morgan fingerprint density at radius 1 is 1.22 bits per heavy atom. The smallest absolute Gasteiger partial charge is 0.163 e. The fourth-order valence-electron chi connectivity index (χ4n) is 2.19. The highest BCUT2D eigenvalue weighted by Crippen LogP contribution is 2.28. The van der Waals surface area contributed by atoms with Gasteiger partial charge in [0, 0.05) is 13.2 Å². The van der Waals surface area contributed by atoms with Crippen LogP contribution in [0.1, 0.15) is 11.4 Å². The van der Waals surface area contributed by atoms with Gasteiger partial charge in [-0.25, -0.2) is 9.97 Å². The normalized spacial score (nSPS) is 11.1. The molecule has 0 bridgehead atoms. The van der Waals surface area contributed by atoms with E-state index in [0.29, 0.717) is 5.82 Å². The lowest BCUT2D eigenvalue weighted by atomic mass is 10.2. The van der Waals surface area contributed by atoms with Crippen LogP contribution in [0.15, 0.2) is 47.7 Å². The van der Waals surface area contributed by atoms with Crippen LogP contribution in [0.5, 0.6) is 5.75 Å². The van der Waals surface area contributed by atoms with E-state index in [2.05, 4.69) is 20.1 Å². The van der Waals surface area contributed by atoms with Gasteiger partial charge < -0.3 is 4.74 Å². The van der Waals surface area contributed by atoms with Crippen molar-refractivity contribution in [1.29, 1.82) is 0 Å². The fraction of sp³-hybridized carbons (Fsp3) is 0.176. The number of hydrogen-bond acceptors (Lipinski definition) is 5.